The Morgan fingerprint density at radius 1 is 0.252 bits per heavy atom. The van der Waals surface area contributed by atoms with Crippen LogP contribution in [0.5, 0.6) is 0 Å². The van der Waals surface area contributed by atoms with Gasteiger partial charge in [-0.2, -0.15) is 0 Å². The Hall–Kier alpha value is -1.94. The van der Waals surface area contributed by atoms with Gasteiger partial charge in [0, 0.05) is 25.7 Å². The van der Waals surface area contributed by atoms with E-state index >= 15 is 0 Å². The molecule has 107 heavy (non-hydrogen) atoms. The highest BCUT2D eigenvalue weighted by Gasteiger charge is 2.30. The Morgan fingerprint density at radius 3 is 0.636 bits per heavy atom. The molecule has 19 heteroatoms. The van der Waals surface area contributed by atoms with Crippen molar-refractivity contribution in [2.24, 2.45) is 11.8 Å². The third-order valence-electron chi connectivity index (χ3n) is 20.7. The number of unbranched alkanes of at least 4 members (excludes halogenated alkanes) is 57. The Kier molecular flexibility index (Phi) is 77.9. The van der Waals surface area contributed by atoms with Crippen LogP contribution in [-0.4, -0.2) is 96.7 Å². The van der Waals surface area contributed by atoms with Gasteiger partial charge in [-0.15, -0.1) is 0 Å². The second kappa shape index (κ2) is 79.3. The molecule has 2 unspecified atom stereocenters. The van der Waals surface area contributed by atoms with Crippen molar-refractivity contribution >= 4 is 39.5 Å². The molecule has 0 amide bonds. The highest BCUT2D eigenvalue weighted by atomic mass is 31.2. The van der Waals surface area contributed by atoms with Gasteiger partial charge in [0.1, 0.15) is 19.3 Å². The van der Waals surface area contributed by atoms with Crippen molar-refractivity contribution in [1.29, 1.82) is 0 Å². The first kappa shape index (κ1) is 105. The Morgan fingerprint density at radius 2 is 0.430 bits per heavy atom. The maximum Gasteiger partial charge on any atom is 0.472 e. The van der Waals surface area contributed by atoms with Gasteiger partial charge in [-0.3, -0.25) is 37.3 Å². The number of rotatable bonds is 87. The van der Waals surface area contributed by atoms with E-state index in [1.165, 1.54) is 289 Å². The van der Waals surface area contributed by atoms with Crippen molar-refractivity contribution in [1.82, 2.24) is 0 Å². The predicted molar refractivity (Wildman–Crippen MR) is 442 cm³/mol. The van der Waals surface area contributed by atoms with E-state index in [-0.39, 0.29) is 25.7 Å². The first-order valence-electron chi connectivity index (χ1n) is 45.5. The van der Waals surface area contributed by atoms with Crippen LogP contribution in [0, 0.1) is 11.8 Å². The van der Waals surface area contributed by atoms with Crippen molar-refractivity contribution in [2.75, 3.05) is 39.6 Å². The summed E-state index contributed by atoms with van der Waals surface area (Å²) in [5, 5.41) is 10.7. The van der Waals surface area contributed by atoms with Gasteiger partial charge in [-0.1, -0.05) is 420 Å². The monoisotopic (exact) mass is 1560 g/mol. The lowest BCUT2D eigenvalue weighted by atomic mass is 10.0. The Bertz CT molecular complexity index is 2050. The number of aliphatic hydroxyl groups excluding tert-OH is 1. The van der Waals surface area contributed by atoms with E-state index in [1.54, 1.807) is 0 Å². The van der Waals surface area contributed by atoms with E-state index in [4.69, 9.17) is 37.0 Å². The third-order valence-corrected chi connectivity index (χ3v) is 22.6. The molecule has 0 saturated heterocycles. The van der Waals surface area contributed by atoms with Gasteiger partial charge in [0.15, 0.2) is 12.2 Å². The number of hydrogen-bond acceptors (Lipinski definition) is 15. The van der Waals surface area contributed by atoms with E-state index in [0.29, 0.717) is 25.7 Å². The van der Waals surface area contributed by atoms with Gasteiger partial charge in [0.25, 0.3) is 0 Å². The molecular formula is C88H172O17P2. The summed E-state index contributed by atoms with van der Waals surface area (Å²) in [4.78, 5) is 73.3. The van der Waals surface area contributed by atoms with Crippen LogP contribution in [0.15, 0.2) is 0 Å². The third kappa shape index (κ3) is 81.9. The molecule has 0 aliphatic rings. The number of esters is 4. The smallest absolute Gasteiger partial charge is 0.462 e. The van der Waals surface area contributed by atoms with Crippen LogP contribution in [0.1, 0.15) is 472 Å². The number of hydrogen-bond donors (Lipinski definition) is 3. The topological polar surface area (TPSA) is 237 Å². The zero-order valence-corrected chi connectivity index (χ0v) is 72.2. The largest absolute Gasteiger partial charge is 0.472 e. The second-order valence-electron chi connectivity index (χ2n) is 32.6. The molecule has 636 valence electrons. The molecule has 0 rings (SSSR count). The summed E-state index contributed by atoms with van der Waals surface area (Å²) in [6.07, 6.45) is 72.2. The van der Waals surface area contributed by atoms with Gasteiger partial charge < -0.3 is 33.8 Å². The SMILES string of the molecule is CCCCCCCCCCCCCCCCCCCCCCCC(=O)O[C@H](COC(=O)CCCCCCCCCCCCCCCCCC(C)C)COP(=O)(O)OC[C@@H](O)COP(=O)(O)OC[C@@H](COC(=O)CCCCCCCCCCCC)OC(=O)CCCCCCCCCCCCCCCCCC(C)C. The van der Waals surface area contributed by atoms with Crippen LogP contribution in [-0.2, 0) is 65.4 Å². The molecule has 3 N–H and O–H groups in total. The summed E-state index contributed by atoms with van der Waals surface area (Å²) in [7, 11) is -9.93. The van der Waals surface area contributed by atoms with Crippen LogP contribution in [0.4, 0.5) is 0 Å². The summed E-state index contributed by atoms with van der Waals surface area (Å²) in [5.41, 5.74) is 0. The maximum atomic E-state index is 13.2. The molecule has 5 atom stereocenters. The van der Waals surface area contributed by atoms with E-state index in [9.17, 15) is 43.2 Å². The molecule has 0 fully saturated rings. The first-order valence-corrected chi connectivity index (χ1v) is 48.5. The van der Waals surface area contributed by atoms with E-state index in [0.717, 1.165) is 102 Å². The number of phosphoric acid groups is 2. The highest BCUT2D eigenvalue weighted by molar-refractivity contribution is 7.47. The van der Waals surface area contributed by atoms with Crippen molar-refractivity contribution in [3.63, 3.8) is 0 Å². The molecule has 0 radical (unpaired) electrons. The lowest BCUT2D eigenvalue weighted by Gasteiger charge is -2.21. The quantitative estimate of drug-likeness (QED) is 0.0222. The van der Waals surface area contributed by atoms with Crippen LogP contribution >= 0.6 is 15.6 Å². The maximum absolute atomic E-state index is 13.2. The predicted octanol–water partition coefficient (Wildman–Crippen LogP) is 27.0. The fourth-order valence-corrected chi connectivity index (χ4v) is 15.4. The van der Waals surface area contributed by atoms with Crippen molar-refractivity contribution in [2.45, 2.75) is 490 Å². The standard InChI is InChI=1S/C88H172O17P2/c1-7-9-11-13-15-17-19-20-21-22-23-24-25-26-31-37-42-48-54-60-66-72-88(93)105-84(77-99-86(91)71-65-59-53-47-41-36-32-27-29-34-39-44-50-56-62-68-80(3)4)79-103-107(96,97)101-75-82(89)74-100-106(94,95)102-78-83(76-98-85(90)70-64-58-52-46-18-16-14-12-10-8-2)104-87(92)73-67-61-55-49-43-38-33-28-30-35-40-45-51-57-63-69-81(5)6/h80-84,89H,7-79H2,1-6H3,(H,94,95)(H,96,97)/t82-,83+,84+/m0/s1. The summed E-state index contributed by atoms with van der Waals surface area (Å²) in [6.45, 7) is 9.73. The molecular weight excluding hydrogens is 1390 g/mol. The molecule has 0 saturated carbocycles. The Labute approximate surface area is 658 Å². The average Bonchev–Trinajstić information content (AvgIpc) is 0.903. The lowest BCUT2D eigenvalue weighted by Crippen LogP contribution is -2.30. The fourth-order valence-electron chi connectivity index (χ4n) is 13.8. The molecule has 0 aliphatic heterocycles. The average molecular weight is 1560 g/mol. The van der Waals surface area contributed by atoms with Gasteiger partial charge in [-0.05, 0) is 37.5 Å². The highest BCUT2D eigenvalue weighted by Crippen LogP contribution is 2.45. The van der Waals surface area contributed by atoms with Gasteiger partial charge in [-0.25, -0.2) is 9.13 Å². The van der Waals surface area contributed by atoms with Crippen LogP contribution in [0.3, 0.4) is 0 Å². The molecule has 0 aromatic carbocycles. The van der Waals surface area contributed by atoms with E-state index < -0.39 is 97.5 Å². The van der Waals surface area contributed by atoms with Crippen LogP contribution in [0.2, 0.25) is 0 Å². The summed E-state index contributed by atoms with van der Waals surface area (Å²) >= 11 is 0. The van der Waals surface area contributed by atoms with Gasteiger partial charge in [0.05, 0.1) is 26.4 Å². The lowest BCUT2D eigenvalue weighted by molar-refractivity contribution is -0.161. The van der Waals surface area contributed by atoms with Crippen LogP contribution < -0.4 is 0 Å². The number of aliphatic hydroxyl groups is 1. The summed E-state index contributed by atoms with van der Waals surface area (Å²) in [6, 6.07) is 0. The van der Waals surface area contributed by atoms with E-state index in [2.05, 4.69) is 41.5 Å². The zero-order valence-electron chi connectivity index (χ0n) is 70.5. The Balaban J connectivity index is 5.22. The molecule has 0 heterocycles. The minimum atomic E-state index is -4.97. The number of carbonyl (C=O) groups is 4. The number of phosphoric ester groups is 2. The molecule has 0 aliphatic carbocycles. The second-order valence-corrected chi connectivity index (χ2v) is 35.5. The molecule has 0 bridgehead atoms. The number of carbonyl (C=O) groups excluding carboxylic acids is 4. The van der Waals surface area contributed by atoms with E-state index in [1.807, 2.05) is 0 Å². The number of ether oxygens (including phenoxy) is 4. The van der Waals surface area contributed by atoms with Gasteiger partial charge >= 0.3 is 39.5 Å². The summed E-state index contributed by atoms with van der Waals surface area (Å²) in [5.74, 6) is -0.490. The first-order chi connectivity index (χ1) is 51.9. The minimum Gasteiger partial charge on any atom is -0.462 e. The van der Waals surface area contributed by atoms with Crippen molar-refractivity contribution < 1.29 is 80.2 Å². The minimum absolute atomic E-state index is 0.108. The fraction of sp³-hybridized carbons (Fsp3) is 0.955. The van der Waals surface area contributed by atoms with Crippen molar-refractivity contribution in [3.8, 4) is 0 Å². The molecule has 0 aromatic heterocycles. The zero-order chi connectivity index (χ0) is 78.5. The van der Waals surface area contributed by atoms with Gasteiger partial charge in [0.2, 0.25) is 0 Å². The van der Waals surface area contributed by atoms with Crippen LogP contribution in [0.25, 0.3) is 0 Å². The molecule has 17 nitrogen and oxygen atoms in total. The normalized spacial score (nSPS) is 13.8. The summed E-state index contributed by atoms with van der Waals surface area (Å²) < 4.78 is 68.9. The molecule has 0 aromatic rings. The molecule has 0 spiro atoms. The van der Waals surface area contributed by atoms with Crippen molar-refractivity contribution in [3.05, 3.63) is 0 Å².